The highest BCUT2D eigenvalue weighted by Gasteiger charge is 2.48. The number of hydrogen-bond acceptors (Lipinski definition) is 3. The molecule has 0 amide bonds. The zero-order valence-corrected chi connectivity index (χ0v) is 8.71. The quantitative estimate of drug-likeness (QED) is 0.631. The molecule has 1 aliphatic carbocycles. The van der Waals surface area contributed by atoms with Crippen molar-refractivity contribution >= 4 is 10.1 Å². The molecule has 3 atom stereocenters. The standard InChI is InChI=1S/C8H16O4S/c1-6-3-4-8(9,7(2)5-6)13(10,11)12/h6-7,9H,3-5H2,1-2H3,(H,10,11,12). The van der Waals surface area contributed by atoms with Gasteiger partial charge in [-0.1, -0.05) is 13.8 Å². The second-order valence-corrected chi connectivity index (χ2v) is 5.76. The van der Waals surface area contributed by atoms with Gasteiger partial charge in [0.05, 0.1) is 0 Å². The van der Waals surface area contributed by atoms with E-state index in [1.807, 2.05) is 6.92 Å². The van der Waals surface area contributed by atoms with Gasteiger partial charge in [0.2, 0.25) is 0 Å². The van der Waals surface area contributed by atoms with Gasteiger partial charge in [-0.25, -0.2) is 0 Å². The summed E-state index contributed by atoms with van der Waals surface area (Å²) in [5.74, 6) is 0.0169. The highest BCUT2D eigenvalue weighted by atomic mass is 32.2. The van der Waals surface area contributed by atoms with Crippen molar-refractivity contribution in [2.75, 3.05) is 0 Å². The van der Waals surface area contributed by atoms with E-state index >= 15 is 0 Å². The van der Waals surface area contributed by atoms with Crippen LogP contribution in [-0.2, 0) is 10.1 Å². The molecule has 0 spiro atoms. The molecular formula is C8H16O4S. The number of aliphatic hydroxyl groups is 1. The van der Waals surface area contributed by atoms with Crippen molar-refractivity contribution in [3.8, 4) is 0 Å². The molecular weight excluding hydrogens is 192 g/mol. The molecule has 0 heterocycles. The van der Waals surface area contributed by atoms with Gasteiger partial charge in [0.15, 0.2) is 4.93 Å². The van der Waals surface area contributed by atoms with Crippen LogP contribution < -0.4 is 0 Å². The molecule has 1 fully saturated rings. The Morgan fingerprint density at radius 2 is 1.92 bits per heavy atom. The van der Waals surface area contributed by atoms with E-state index in [4.69, 9.17) is 4.55 Å². The molecule has 5 heteroatoms. The van der Waals surface area contributed by atoms with Crippen molar-refractivity contribution in [2.24, 2.45) is 11.8 Å². The molecule has 0 bridgehead atoms. The first-order valence-corrected chi connectivity index (χ1v) is 5.91. The van der Waals surface area contributed by atoms with Gasteiger partial charge >= 0.3 is 0 Å². The Hall–Kier alpha value is -0.130. The molecule has 3 unspecified atom stereocenters. The van der Waals surface area contributed by atoms with Crippen LogP contribution in [0.4, 0.5) is 0 Å². The topological polar surface area (TPSA) is 74.6 Å². The number of hydrogen-bond donors (Lipinski definition) is 2. The van der Waals surface area contributed by atoms with Crippen LogP contribution in [0.15, 0.2) is 0 Å². The summed E-state index contributed by atoms with van der Waals surface area (Å²) >= 11 is 0. The second-order valence-electron chi connectivity index (χ2n) is 4.10. The lowest BCUT2D eigenvalue weighted by molar-refractivity contribution is 0.0121. The molecule has 1 aliphatic rings. The zero-order chi connectivity index (χ0) is 10.3. The van der Waals surface area contributed by atoms with Gasteiger partial charge in [0, 0.05) is 5.92 Å². The lowest BCUT2D eigenvalue weighted by atomic mass is 9.81. The first kappa shape index (κ1) is 10.9. The summed E-state index contributed by atoms with van der Waals surface area (Å²) < 4.78 is 30.7. The third-order valence-corrected chi connectivity index (χ3v) is 4.47. The van der Waals surface area contributed by atoms with E-state index in [1.165, 1.54) is 0 Å². The predicted octanol–water partition coefficient (Wildman–Crippen LogP) is 1.02. The van der Waals surface area contributed by atoms with E-state index in [1.54, 1.807) is 6.92 Å². The monoisotopic (exact) mass is 208 g/mol. The predicted molar refractivity (Wildman–Crippen MR) is 48.7 cm³/mol. The van der Waals surface area contributed by atoms with Crippen LogP contribution in [0, 0.1) is 11.8 Å². The summed E-state index contributed by atoms with van der Waals surface area (Å²) in [6.07, 6.45) is 1.41. The molecule has 0 aromatic rings. The fourth-order valence-corrected chi connectivity index (χ4v) is 2.97. The Bertz CT molecular complexity index is 285. The smallest absolute Gasteiger partial charge is 0.295 e. The molecule has 1 rings (SSSR count). The Labute approximate surface area is 78.7 Å². The van der Waals surface area contributed by atoms with E-state index < -0.39 is 21.0 Å². The molecule has 0 aromatic carbocycles. The minimum Gasteiger partial charge on any atom is -0.372 e. The molecule has 0 radical (unpaired) electrons. The van der Waals surface area contributed by atoms with Crippen LogP contribution in [0.2, 0.25) is 0 Å². The summed E-state index contributed by atoms with van der Waals surface area (Å²) in [6, 6.07) is 0. The average molecular weight is 208 g/mol. The van der Waals surface area contributed by atoms with Gasteiger partial charge in [0.1, 0.15) is 0 Å². The van der Waals surface area contributed by atoms with Crippen molar-refractivity contribution in [3.05, 3.63) is 0 Å². The Morgan fingerprint density at radius 3 is 2.31 bits per heavy atom. The molecule has 0 saturated heterocycles. The van der Waals surface area contributed by atoms with Crippen LogP contribution in [0.1, 0.15) is 33.1 Å². The normalized spacial score (nSPS) is 41.8. The molecule has 2 N–H and O–H groups in total. The van der Waals surface area contributed by atoms with E-state index in [0.717, 1.165) is 0 Å². The summed E-state index contributed by atoms with van der Waals surface area (Å²) in [7, 11) is -4.34. The third kappa shape index (κ3) is 1.87. The Kier molecular flexibility index (Phi) is 2.71. The third-order valence-electron chi connectivity index (χ3n) is 2.97. The minimum absolute atomic E-state index is 0.133. The largest absolute Gasteiger partial charge is 0.372 e. The van der Waals surface area contributed by atoms with E-state index in [0.29, 0.717) is 18.8 Å². The van der Waals surface area contributed by atoms with Gasteiger partial charge in [0.25, 0.3) is 10.1 Å². The van der Waals surface area contributed by atoms with Crippen molar-refractivity contribution in [2.45, 2.75) is 38.0 Å². The first-order chi connectivity index (χ1) is 5.77. The lowest BCUT2D eigenvalue weighted by Crippen LogP contribution is -2.47. The highest BCUT2D eigenvalue weighted by molar-refractivity contribution is 7.87. The number of rotatable bonds is 1. The van der Waals surface area contributed by atoms with E-state index in [-0.39, 0.29) is 6.42 Å². The summed E-state index contributed by atoms with van der Waals surface area (Å²) in [6.45, 7) is 3.67. The summed E-state index contributed by atoms with van der Waals surface area (Å²) in [5.41, 5.74) is 0. The van der Waals surface area contributed by atoms with E-state index in [9.17, 15) is 13.5 Å². The maximum atomic E-state index is 10.9. The van der Waals surface area contributed by atoms with Crippen LogP contribution in [0.3, 0.4) is 0 Å². The van der Waals surface area contributed by atoms with Crippen molar-refractivity contribution in [1.82, 2.24) is 0 Å². The molecule has 13 heavy (non-hydrogen) atoms. The van der Waals surface area contributed by atoms with Crippen molar-refractivity contribution < 1.29 is 18.1 Å². The van der Waals surface area contributed by atoms with Gasteiger partial charge in [-0.15, -0.1) is 0 Å². The average Bonchev–Trinajstić information content (AvgIpc) is 1.95. The molecule has 1 saturated carbocycles. The highest BCUT2D eigenvalue weighted by Crippen LogP contribution is 2.39. The van der Waals surface area contributed by atoms with Crippen LogP contribution in [0.5, 0.6) is 0 Å². The fourth-order valence-electron chi connectivity index (χ4n) is 1.99. The van der Waals surface area contributed by atoms with Crippen LogP contribution >= 0.6 is 0 Å². The molecule has 78 valence electrons. The summed E-state index contributed by atoms with van der Waals surface area (Å²) in [5, 5.41) is 9.76. The molecule has 4 nitrogen and oxygen atoms in total. The Balaban J connectivity index is 2.93. The SMILES string of the molecule is CC1CCC(O)(S(=O)(=O)O)C(C)C1. The molecule has 0 aromatic heterocycles. The second kappa shape index (κ2) is 3.22. The first-order valence-electron chi connectivity index (χ1n) is 4.47. The zero-order valence-electron chi connectivity index (χ0n) is 7.90. The molecule has 0 aliphatic heterocycles. The van der Waals surface area contributed by atoms with Crippen molar-refractivity contribution in [3.63, 3.8) is 0 Å². The summed E-state index contributed by atoms with van der Waals surface area (Å²) in [4.78, 5) is -1.92. The van der Waals surface area contributed by atoms with Crippen LogP contribution in [-0.4, -0.2) is 23.0 Å². The Morgan fingerprint density at radius 1 is 1.38 bits per heavy atom. The maximum Gasteiger partial charge on any atom is 0.295 e. The fraction of sp³-hybridized carbons (Fsp3) is 1.00. The maximum absolute atomic E-state index is 10.9. The van der Waals surface area contributed by atoms with Gasteiger partial charge in [-0.2, -0.15) is 8.42 Å². The van der Waals surface area contributed by atoms with Crippen molar-refractivity contribution in [1.29, 1.82) is 0 Å². The minimum atomic E-state index is -4.34. The lowest BCUT2D eigenvalue weighted by Gasteiger charge is -2.37. The van der Waals surface area contributed by atoms with Gasteiger partial charge < -0.3 is 5.11 Å². The van der Waals surface area contributed by atoms with Gasteiger partial charge in [-0.3, -0.25) is 4.55 Å². The van der Waals surface area contributed by atoms with Gasteiger partial charge in [-0.05, 0) is 25.2 Å². The van der Waals surface area contributed by atoms with E-state index in [2.05, 4.69) is 0 Å². The van der Waals surface area contributed by atoms with Crippen LogP contribution in [0.25, 0.3) is 0 Å².